The van der Waals surface area contributed by atoms with Gasteiger partial charge in [-0.05, 0) is 45.8 Å². The molecule has 0 aliphatic heterocycles. The number of rotatable bonds is 8. The number of carbonyl (C=O) groups is 1. The van der Waals surface area contributed by atoms with E-state index < -0.39 is 0 Å². The van der Waals surface area contributed by atoms with Crippen LogP contribution >= 0.6 is 0 Å². The van der Waals surface area contributed by atoms with Crippen LogP contribution in [0.1, 0.15) is 40.0 Å². The minimum absolute atomic E-state index is 0.369. The zero-order chi connectivity index (χ0) is 12.0. The smallest absolute Gasteiger partial charge is 0.225 e. The second-order valence-electron chi connectivity index (χ2n) is 4.57. The van der Waals surface area contributed by atoms with Crippen molar-refractivity contribution >= 4 is 5.91 Å². The molecule has 0 aromatic rings. The number of hydrogen-bond donors (Lipinski definition) is 0. The van der Waals surface area contributed by atoms with Gasteiger partial charge in [0.25, 0.3) is 0 Å². The Balaban J connectivity index is 2.20. The molecule has 0 saturated heterocycles. The predicted molar refractivity (Wildman–Crippen MR) is 67.4 cm³/mol. The molecule has 0 aromatic carbocycles. The van der Waals surface area contributed by atoms with Gasteiger partial charge in [0.15, 0.2) is 0 Å². The van der Waals surface area contributed by atoms with Gasteiger partial charge < -0.3 is 9.80 Å². The molecule has 0 unspecified atom stereocenters. The zero-order valence-electron chi connectivity index (χ0n) is 11.0. The van der Waals surface area contributed by atoms with Crippen LogP contribution in [0.5, 0.6) is 0 Å². The van der Waals surface area contributed by atoms with E-state index in [0.29, 0.717) is 11.8 Å². The molecule has 0 bridgehead atoms. The summed E-state index contributed by atoms with van der Waals surface area (Å²) in [4.78, 5) is 16.3. The molecule has 3 nitrogen and oxygen atoms in total. The van der Waals surface area contributed by atoms with Gasteiger partial charge in [0.1, 0.15) is 0 Å². The van der Waals surface area contributed by atoms with Crippen molar-refractivity contribution in [1.82, 2.24) is 9.80 Å². The second kappa shape index (κ2) is 6.89. The van der Waals surface area contributed by atoms with Crippen LogP contribution in [0.2, 0.25) is 0 Å². The lowest BCUT2D eigenvalue weighted by molar-refractivity contribution is -0.132. The first-order valence-electron chi connectivity index (χ1n) is 6.74. The summed E-state index contributed by atoms with van der Waals surface area (Å²) in [6, 6.07) is 0. The highest BCUT2D eigenvalue weighted by molar-refractivity contribution is 5.80. The fraction of sp³-hybridized carbons (Fsp3) is 0.923. The summed E-state index contributed by atoms with van der Waals surface area (Å²) in [5.41, 5.74) is 0. The topological polar surface area (TPSA) is 23.6 Å². The Morgan fingerprint density at radius 1 is 1.06 bits per heavy atom. The van der Waals surface area contributed by atoms with E-state index in [1.54, 1.807) is 0 Å². The molecule has 94 valence electrons. The molecule has 3 heteroatoms. The summed E-state index contributed by atoms with van der Waals surface area (Å²) in [5.74, 6) is 0.760. The molecule has 1 aliphatic rings. The quantitative estimate of drug-likeness (QED) is 0.632. The Hall–Kier alpha value is -0.570. The van der Waals surface area contributed by atoms with Gasteiger partial charge in [-0.2, -0.15) is 0 Å². The summed E-state index contributed by atoms with van der Waals surface area (Å²) in [6.45, 7) is 11.6. The minimum atomic E-state index is 0.369. The van der Waals surface area contributed by atoms with Gasteiger partial charge >= 0.3 is 0 Å². The van der Waals surface area contributed by atoms with E-state index in [-0.39, 0.29) is 0 Å². The van der Waals surface area contributed by atoms with E-state index >= 15 is 0 Å². The molecule has 1 aliphatic carbocycles. The first-order chi connectivity index (χ1) is 7.72. The molecular weight excluding hydrogens is 200 g/mol. The predicted octanol–water partition coefficient (Wildman–Crippen LogP) is 1.98. The van der Waals surface area contributed by atoms with Crippen LogP contribution in [-0.4, -0.2) is 48.4 Å². The first kappa shape index (κ1) is 13.5. The van der Waals surface area contributed by atoms with Gasteiger partial charge in [-0.15, -0.1) is 0 Å². The number of hydrogen-bond acceptors (Lipinski definition) is 2. The van der Waals surface area contributed by atoms with Crippen LogP contribution in [0.3, 0.4) is 0 Å². The SMILES string of the molecule is CCN(CC)CCCN(CC)C(=O)C1CC1. The normalized spacial score (nSPS) is 15.5. The molecule has 0 aromatic heterocycles. The monoisotopic (exact) mass is 226 g/mol. The Labute approximate surface area is 99.8 Å². The van der Waals surface area contributed by atoms with Gasteiger partial charge in [0.05, 0.1) is 0 Å². The first-order valence-corrected chi connectivity index (χ1v) is 6.74. The number of carbonyl (C=O) groups excluding carboxylic acids is 1. The van der Waals surface area contributed by atoms with Crippen molar-refractivity contribution in [2.24, 2.45) is 5.92 Å². The maximum Gasteiger partial charge on any atom is 0.225 e. The third-order valence-corrected chi connectivity index (χ3v) is 3.42. The zero-order valence-corrected chi connectivity index (χ0v) is 11.0. The second-order valence-corrected chi connectivity index (χ2v) is 4.57. The van der Waals surface area contributed by atoms with Gasteiger partial charge in [0, 0.05) is 19.0 Å². The Bertz CT molecular complexity index is 210. The summed E-state index contributed by atoms with van der Waals surface area (Å²) in [7, 11) is 0. The van der Waals surface area contributed by atoms with Crippen LogP contribution in [0.25, 0.3) is 0 Å². The fourth-order valence-electron chi connectivity index (χ4n) is 2.04. The number of amides is 1. The lowest BCUT2D eigenvalue weighted by Crippen LogP contribution is -2.35. The minimum Gasteiger partial charge on any atom is -0.343 e. The van der Waals surface area contributed by atoms with Crippen molar-refractivity contribution in [3.8, 4) is 0 Å². The summed E-state index contributed by atoms with van der Waals surface area (Å²) in [6.07, 6.45) is 3.34. The summed E-state index contributed by atoms with van der Waals surface area (Å²) < 4.78 is 0. The summed E-state index contributed by atoms with van der Waals surface area (Å²) >= 11 is 0. The highest BCUT2D eigenvalue weighted by atomic mass is 16.2. The van der Waals surface area contributed by atoms with E-state index in [9.17, 15) is 4.79 Å². The van der Waals surface area contributed by atoms with Crippen molar-refractivity contribution in [1.29, 1.82) is 0 Å². The highest BCUT2D eigenvalue weighted by Gasteiger charge is 2.32. The van der Waals surface area contributed by atoms with Crippen molar-refractivity contribution in [3.05, 3.63) is 0 Å². The van der Waals surface area contributed by atoms with Crippen LogP contribution < -0.4 is 0 Å². The Kier molecular flexibility index (Phi) is 5.81. The summed E-state index contributed by atoms with van der Waals surface area (Å²) in [5, 5.41) is 0. The molecular formula is C13H26N2O. The van der Waals surface area contributed by atoms with E-state index in [1.165, 1.54) is 0 Å². The van der Waals surface area contributed by atoms with E-state index in [1.807, 2.05) is 4.90 Å². The lowest BCUT2D eigenvalue weighted by atomic mass is 10.3. The maximum atomic E-state index is 11.9. The third kappa shape index (κ3) is 4.12. The molecule has 0 radical (unpaired) electrons. The maximum absolute atomic E-state index is 11.9. The molecule has 0 N–H and O–H groups in total. The van der Waals surface area contributed by atoms with Crippen LogP contribution in [0.4, 0.5) is 0 Å². The fourth-order valence-corrected chi connectivity index (χ4v) is 2.04. The Morgan fingerprint density at radius 2 is 1.69 bits per heavy atom. The standard InChI is InChI=1S/C13H26N2O/c1-4-14(5-2)10-7-11-15(6-3)13(16)12-8-9-12/h12H,4-11H2,1-3H3. The van der Waals surface area contributed by atoms with Crippen molar-refractivity contribution in [2.45, 2.75) is 40.0 Å². The van der Waals surface area contributed by atoms with Gasteiger partial charge in [-0.1, -0.05) is 13.8 Å². The molecule has 1 saturated carbocycles. The molecule has 1 rings (SSSR count). The molecule has 0 spiro atoms. The van der Waals surface area contributed by atoms with Gasteiger partial charge in [-0.3, -0.25) is 4.79 Å². The van der Waals surface area contributed by atoms with E-state index in [4.69, 9.17) is 0 Å². The highest BCUT2D eigenvalue weighted by Crippen LogP contribution is 2.30. The van der Waals surface area contributed by atoms with E-state index in [2.05, 4.69) is 25.7 Å². The van der Waals surface area contributed by atoms with Crippen LogP contribution in [0.15, 0.2) is 0 Å². The van der Waals surface area contributed by atoms with Crippen molar-refractivity contribution in [2.75, 3.05) is 32.7 Å². The third-order valence-electron chi connectivity index (χ3n) is 3.42. The van der Waals surface area contributed by atoms with Crippen LogP contribution in [-0.2, 0) is 4.79 Å². The van der Waals surface area contributed by atoms with E-state index in [0.717, 1.165) is 52.0 Å². The van der Waals surface area contributed by atoms with Gasteiger partial charge in [-0.25, -0.2) is 0 Å². The molecule has 0 heterocycles. The molecule has 1 amide bonds. The van der Waals surface area contributed by atoms with Crippen molar-refractivity contribution in [3.63, 3.8) is 0 Å². The average Bonchev–Trinajstić information content (AvgIpc) is 3.13. The van der Waals surface area contributed by atoms with Gasteiger partial charge in [0.2, 0.25) is 5.91 Å². The van der Waals surface area contributed by atoms with Crippen molar-refractivity contribution < 1.29 is 4.79 Å². The van der Waals surface area contributed by atoms with Crippen LogP contribution in [0, 0.1) is 5.92 Å². The molecule has 1 fully saturated rings. The Morgan fingerprint density at radius 3 is 2.12 bits per heavy atom. The molecule has 16 heavy (non-hydrogen) atoms. The lowest BCUT2D eigenvalue weighted by Gasteiger charge is -2.23. The number of nitrogens with zero attached hydrogens (tertiary/aromatic N) is 2. The largest absolute Gasteiger partial charge is 0.343 e. The molecule has 0 atom stereocenters. The average molecular weight is 226 g/mol.